The van der Waals surface area contributed by atoms with Gasteiger partial charge in [-0.25, -0.2) is 0 Å². The van der Waals surface area contributed by atoms with Gasteiger partial charge in [0.2, 0.25) is 0 Å². The lowest BCUT2D eigenvalue weighted by atomic mass is 9.99. The molecule has 0 aromatic heterocycles. The highest BCUT2D eigenvalue weighted by Gasteiger charge is 2.18. The standard InChI is InChI=1S/C12H17N3O2/c1-9-4-6-14(7-5-9)10-2-3-12(15(16)17)11(13)8-10/h2-3,8-9H,4-7,13H2,1H3. The maximum Gasteiger partial charge on any atom is 0.292 e. The van der Waals surface area contributed by atoms with Gasteiger partial charge in [-0.1, -0.05) is 6.92 Å². The number of piperidine rings is 1. The Bertz CT molecular complexity index is 426. The van der Waals surface area contributed by atoms with Gasteiger partial charge in [0, 0.05) is 24.8 Å². The van der Waals surface area contributed by atoms with Crippen LogP contribution in [0.15, 0.2) is 18.2 Å². The molecule has 92 valence electrons. The van der Waals surface area contributed by atoms with Gasteiger partial charge in [0.1, 0.15) is 5.69 Å². The summed E-state index contributed by atoms with van der Waals surface area (Å²) in [5.74, 6) is 0.765. The van der Waals surface area contributed by atoms with Crippen molar-refractivity contribution in [3.8, 4) is 0 Å². The largest absolute Gasteiger partial charge is 0.393 e. The summed E-state index contributed by atoms with van der Waals surface area (Å²) in [4.78, 5) is 12.5. The van der Waals surface area contributed by atoms with Crippen molar-refractivity contribution in [3.05, 3.63) is 28.3 Å². The lowest BCUT2D eigenvalue weighted by Gasteiger charge is -2.32. The van der Waals surface area contributed by atoms with E-state index in [0.29, 0.717) is 0 Å². The van der Waals surface area contributed by atoms with Crippen molar-refractivity contribution in [2.45, 2.75) is 19.8 Å². The van der Waals surface area contributed by atoms with E-state index in [9.17, 15) is 10.1 Å². The van der Waals surface area contributed by atoms with E-state index in [0.717, 1.165) is 37.5 Å². The quantitative estimate of drug-likeness (QED) is 0.485. The maximum atomic E-state index is 10.7. The topological polar surface area (TPSA) is 72.4 Å². The molecule has 2 rings (SSSR count). The Balaban J connectivity index is 2.17. The summed E-state index contributed by atoms with van der Waals surface area (Å²) in [6.07, 6.45) is 2.33. The first kappa shape index (κ1) is 11.7. The van der Waals surface area contributed by atoms with E-state index in [1.807, 2.05) is 0 Å². The van der Waals surface area contributed by atoms with Crippen LogP contribution in [0.3, 0.4) is 0 Å². The van der Waals surface area contributed by atoms with Gasteiger partial charge in [-0.05, 0) is 30.9 Å². The zero-order valence-corrected chi connectivity index (χ0v) is 9.93. The van der Waals surface area contributed by atoms with Gasteiger partial charge in [-0.15, -0.1) is 0 Å². The second kappa shape index (κ2) is 4.61. The van der Waals surface area contributed by atoms with Crippen molar-refractivity contribution in [1.29, 1.82) is 0 Å². The summed E-state index contributed by atoms with van der Waals surface area (Å²) < 4.78 is 0. The molecule has 1 fully saturated rings. The molecule has 1 aromatic rings. The number of nitrogens with zero attached hydrogens (tertiary/aromatic N) is 2. The average molecular weight is 235 g/mol. The predicted octanol–water partition coefficient (Wildman–Crippen LogP) is 2.41. The summed E-state index contributed by atoms with van der Waals surface area (Å²) >= 11 is 0. The third-order valence-corrected chi connectivity index (χ3v) is 3.36. The summed E-state index contributed by atoms with van der Waals surface area (Å²) in [6, 6.07) is 4.97. The third kappa shape index (κ3) is 2.49. The van der Waals surface area contributed by atoms with Crippen LogP contribution in [0.25, 0.3) is 0 Å². The first-order valence-electron chi connectivity index (χ1n) is 5.87. The first-order valence-corrected chi connectivity index (χ1v) is 5.87. The molecule has 0 bridgehead atoms. The minimum Gasteiger partial charge on any atom is -0.393 e. The molecule has 0 saturated carbocycles. The summed E-state index contributed by atoms with van der Waals surface area (Å²) in [6.45, 7) is 4.25. The third-order valence-electron chi connectivity index (χ3n) is 3.36. The number of hydrogen-bond acceptors (Lipinski definition) is 4. The highest BCUT2D eigenvalue weighted by Crippen LogP contribution is 2.29. The predicted molar refractivity (Wildman–Crippen MR) is 68.1 cm³/mol. The van der Waals surface area contributed by atoms with Crippen molar-refractivity contribution in [2.24, 2.45) is 5.92 Å². The Kier molecular flexibility index (Phi) is 3.17. The second-order valence-corrected chi connectivity index (χ2v) is 4.67. The van der Waals surface area contributed by atoms with Crippen LogP contribution in [0, 0.1) is 16.0 Å². The highest BCUT2D eigenvalue weighted by molar-refractivity contribution is 5.66. The Morgan fingerprint density at radius 1 is 1.41 bits per heavy atom. The van der Waals surface area contributed by atoms with Crippen molar-refractivity contribution < 1.29 is 4.92 Å². The minimum atomic E-state index is -0.447. The van der Waals surface area contributed by atoms with E-state index in [1.165, 1.54) is 6.07 Å². The molecule has 1 aromatic carbocycles. The number of hydrogen-bond donors (Lipinski definition) is 1. The van der Waals surface area contributed by atoms with Crippen LogP contribution in [-0.2, 0) is 0 Å². The molecule has 0 radical (unpaired) electrons. The normalized spacial score (nSPS) is 17.1. The van der Waals surface area contributed by atoms with Gasteiger partial charge >= 0.3 is 0 Å². The van der Waals surface area contributed by atoms with Crippen LogP contribution < -0.4 is 10.6 Å². The summed E-state index contributed by atoms with van der Waals surface area (Å²) in [7, 11) is 0. The molecule has 0 amide bonds. The molecule has 5 heteroatoms. The fourth-order valence-corrected chi connectivity index (χ4v) is 2.17. The van der Waals surface area contributed by atoms with Gasteiger partial charge in [0.05, 0.1) is 4.92 Å². The fraction of sp³-hybridized carbons (Fsp3) is 0.500. The number of nitrogen functional groups attached to an aromatic ring is 1. The molecule has 0 aliphatic carbocycles. The number of anilines is 2. The van der Waals surface area contributed by atoms with Gasteiger partial charge in [-0.2, -0.15) is 0 Å². The van der Waals surface area contributed by atoms with Crippen molar-refractivity contribution >= 4 is 17.1 Å². The molecule has 1 heterocycles. The van der Waals surface area contributed by atoms with Gasteiger partial charge in [0.15, 0.2) is 0 Å². The Morgan fingerprint density at radius 3 is 2.59 bits per heavy atom. The molecule has 0 spiro atoms. The number of nitro groups is 1. The van der Waals surface area contributed by atoms with Crippen molar-refractivity contribution in [3.63, 3.8) is 0 Å². The number of rotatable bonds is 2. The molecule has 1 aliphatic heterocycles. The van der Waals surface area contributed by atoms with Crippen LogP contribution in [0.4, 0.5) is 17.1 Å². The smallest absolute Gasteiger partial charge is 0.292 e. The monoisotopic (exact) mass is 235 g/mol. The lowest BCUT2D eigenvalue weighted by Crippen LogP contribution is -2.32. The maximum absolute atomic E-state index is 10.7. The second-order valence-electron chi connectivity index (χ2n) is 4.67. The minimum absolute atomic E-state index is 0.0147. The van der Waals surface area contributed by atoms with Crippen LogP contribution in [0.1, 0.15) is 19.8 Å². The first-order chi connectivity index (χ1) is 8.08. The SMILES string of the molecule is CC1CCN(c2ccc([N+](=O)[O-])c(N)c2)CC1. The van der Waals surface area contributed by atoms with E-state index < -0.39 is 4.92 Å². The van der Waals surface area contributed by atoms with E-state index in [-0.39, 0.29) is 11.4 Å². The van der Waals surface area contributed by atoms with E-state index >= 15 is 0 Å². The number of nitro benzene ring substituents is 1. The molecular formula is C12H17N3O2. The summed E-state index contributed by atoms with van der Waals surface area (Å²) in [5.41, 5.74) is 6.90. The summed E-state index contributed by atoms with van der Waals surface area (Å²) in [5, 5.41) is 10.7. The zero-order chi connectivity index (χ0) is 12.4. The van der Waals surface area contributed by atoms with Gasteiger partial charge < -0.3 is 10.6 Å². The lowest BCUT2D eigenvalue weighted by molar-refractivity contribution is -0.383. The molecule has 1 saturated heterocycles. The van der Waals surface area contributed by atoms with E-state index in [2.05, 4.69) is 11.8 Å². The average Bonchev–Trinajstić information content (AvgIpc) is 2.29. The molecule has 0 unspecified atom stereocenters. The Morgan fingerprint density at radius 2 is 2.06 bits per heavy atom. The van der Waals surface area contributed by atoms with Crippen molar-refractivity contribution in [2.75, 3.05) is 23.7 Å². The van der Waals surface area contributed by atoms with Crippen molar-refractivity contribution in [1.82, 2.24) is 0 Å². The molecule has 0 atom stereocenters. The van der Waals surface area contributed by atoms with Crippen LogP contribution in [-0.4, -0.2) is 18.0 Å². The molecule has 5 nitrogen and oxygen atoms in total. The van der Waals surface area contributed by atoms with E-state index in [4.69, 9.17) is 5.73 Å². The Hall–Kier alpha value is -1.78. The van der Waals surface area contributed by atoms with Crippen LogP contribution in [0.5, 0.6) is 0 Å². The number of benzene rings is 1. The van der Waals surface area contributed by atoms with E-state index in [1.54, 1.807) is 12.1 Å². The fourth-order valence-electron chi connectivity index (χ4n) is 2.17. The van der Waals surface area contributed by atoms with Crippen LogP contribution >= 0.6 is 0 Å². The molecule has 17 heavy (non-hydrogen) atoms. The van der Waals surface area contributed by atoms with Gasteiger partial charge in [0.25, 0.3) is 5.69 Å². The Labute approximate surface area is 100 Å². The molecule has 1 aliphatic rings. The van der Waals surface area contributed by atoms with Crippen LogP contribution in [0.2, 0.25) is 0 Å². The molecular weight excluding hydrogens is 218 g/mol. The molecule has 2 N–H and O–H groups in total. The van der Waals surface area contributed by atoms with Gasteiger partial charge in [-0.3, -0.25) is 10.1 Å². The number of nitrogens with two attached hydrogens (primary N) is 1. The highest BCUT2D eigenvalue weighted by atomic mass is 16.6. The zero-order valence-electron chi connectivity index (χ0n) is 9.93.